The lowest BCUT2D eigenvalue weighted by Gasteiger charge is -2.19. The summed E-state index contributed by atoms with van der Waals surface area (Å²) in [5.74, 6) is -2.20. The predicted octanol–water partition coefficient (Wildman–Crippen LogP) is 1.36. The molecular formula is C14H12F2N4O3. The van der Waals surface area contributed by atoms with Crippen LogP contribution in [0.5, 0.6) is 0 Å². The Bertz CT molecular complexity index is 945. The Morgan fingerprint density at radius 1 is 1.43 bits per heavy atom. The molecule has 1 aromatic carbocycles. The number of aliphatic hydroxyl groups excluding tert-OH is 1. The monoisotopic (exact) mass is 322 g/mol. The number of β-amino-alcohol motifs (C(OH)–C–C–N with tert-alkyl or cyclic N) is 1. The zero-order valence-electron chi connectivity index (χ0n) is 11.8. The van der Waals surface area contributed by atoms with Crippen molar-refractivity contribution in [1.29, 1.82) is 0 Å². The average molecular weight is 322 g/mol. The topological polar surface area (TPSA) is 98.2 Å². The minimum absolute atomic E-state index is 0.0548. The van der Waals surface area contributed by atoms with Crippen molar-refractivity contribution in [2.45, 2.75) is 12.5 Å². The molecule has 3 aromatic rings. The first-order valence-corrected chi connectivity index (χ1v) is 7.03. The van der Waals surface area contributed by atoms with Gasteiger partial charge in [-0.1, -0.05) is 5.16 Å². The van der Waals surface area contributed by atoms with Crippen molar-refractivity contribution in [2.24, 2.45) is 0 Å². The molecule has 3 N–H and O–H groups in total. The van der Waals surface area contributed by atoms with Crippen LogP contribution in [-0.2, 0) is 0 Å². The Balaban J connectivity index is 1.93. The van der Waals surface area contributed by atoms with Crippen molar-refractivity contribution >= 4 is 16.6 Å². The molecule has 1 aliphatic heterocycles. The lowest BCUT2D eigenvalue weighted by Crippen LogP contribution is -2.23. The molecule has 0 spiro atoms. The first kappa shape index (κ1) is 13.9. The second-order valence-corrected chi connectivity index (χ2v) is 5.48. The Labute approximate surface area is 127 Å². The highest BCUT2D eigenvalue weighted by molar-refractivity contribution is 5.96. The standard InChI is InChI=1S/C14H12F2N4O3/c15-8-3-9-10(7(4-17-9)13-18-14(22)23-19-13)11(16)12(8)20-2-1-6(21)5-20/h3-4,6,17,21H,1-2,5H2,(H,18,19,22)/t6-/m0/s1. The van der Waals surface area contributed by atoms with Crippen LogP contribution in [-0.4, -0.2) is 39.4 Å². The minimum Gasteiger partial charge on any atom is -0.391 e. The minimum atomic E-state index is -0.769. The van der Waals surface area contributed by atoms with Gasteiger partial charge in [-0.2, -0.15) is 0 Å². The Morgan fingerprint density at radius 2 is 2.26 bits per heavy atom. The summed E-state index contributed by atoms with van der Waals surface area (Å²) in [5.41, 5.74) is 0.312. The van der Waals surface area contributed by atoms with Crippen LogP contribution in [0.2, 0.25) is 0 Å². The van der Waals surface area contributed by atoms with Crippen molar-refractivity contribution in [1.82, 2.24) is 15.1 Å². The molecule has 1 aliphatic rings. The summed E-state index contributed by atoms with van der Waals surface area (Å²) < 4.78 is 33.7. The van der Waals surface area contributed by atoms with E-state index in [1.165, 1.54) is 17.2 Å². The van der Waals surface area contributed by atoms with Crippen LogP contribution in [0.1, 0.15) is 6.42 Å². The molecule has 7 nitrogen and oxygen atoms in total. The summed E-state index contributed by atoms with van der Waals surface area (Å²) in [6.07, 6.45) is 1.26. The van der Waals surface area contributed by atoms with Gasteiger partial charge in [0.2, 0.25) is 0 Å². The number of benzene rings is 1. The highest BCUT2D eigenvalue weighted by atomic mass is 19.1. The molecule has 120 valence electrons. The van der Waals surface area contributed by atoms with E-state index in [2.05, 4.69) is 19.6 Å². The van der Waals surface area contributed by atoms with Crippen LogP contribution in [0.3, 0.4) is 0 Å². The average Bonchev–Trinajstić information content (AvgIpc) is 3.19. The fourth-order valence-corrected chi connectivity index (χ4v) is 2.98. The van der Waals surface area contributed by atoms with Crippen LogP contribution in [0.15, 0.2) is 21.6 Å². The molecule has 0 saturated carbocycles. The molecule has 0 radical (unpaired) electrons. The van der Waals surface area contributed by atoms with Crippen molar-refractivity contribution in [3.05, 3.63) is 34.4 Å². The summed E-state index contributed by atoms with van der Waals surface area (Å²) in [7, 11) is 0. The van der Waals surface area contributed by atoms with Gasteiger partial charge in [-0.15, -0.1) is 0 Å². The Morgan fingerprint density at radius 3 is 2.91 bits per heavy atom. The second kappa shape index (κ2) is 4.92. The molecule has 9 heteroatoms. The van der Waals surface area contributed by atoms with Crippen molar-refractivity contribution < 1.29 is 18.4 Å². The van der Waals surface area contributed by atoms with Gasteiger partial charge >= 0.3 is 5.76 Å². The maximum Gasteiger partial charge on any atom is 0.439 e. The van der Waals surface area contributed by atoms with E-state index in [9.17, 15) is 18.7 Å². The smallest absolute Gasteiger partial charge is 0.391 e. The molecule has 1 atom stereocenters. The Kier molecular flexibility index (Phi) is 2.98. The quantitative estimate of drug-likeness (QED) is 0.662. The Hall–Kier alpha value is -2.68. The number of nitrogens with zero attached hydrogens (tertiary/aromatic N) is 2. The van der Waals surface area contributed by atoms with Crippen LogP contribution in [0.4, 0.5) is 14.5 Å². The lowest BCUT2D eigenvalue weighted by molar-refractivity contribution is 0.198. The molecular weight excluding hydrogens is 310 g/mol. The van der Waals surface area contributed by atoms with Crippen molar-refractivity contribution in [3.8, 4) is 11.4 Å². The fourth-order valence-electron chi connectivity index (χ4n) is 2.98. The van der Waals surface area contributed by atoms with Gasteiger partial charge in [-0.25, -0.2) is 13.6 Å². The lowest BCUT2D eigenvalue weighted by atomic mass is 10.1. The highest BCUT2D eigenvalue weighted by Gasteiger charge is 2.28. The maximum atomic E-state index is 15.0. The van der Waals surface area contributed by atoms with Gasteiger partial charge in [-0.05, 0) is 6.42 Å². The summed E-state index contributed by atoms with van der Waals surface area (Å²) in [4.78, 5) is 17.7. The summed E-state index contributed by atoms with van der Waals surface area (Å²) in [5, 5.41) is 13.2. The van der Waals surface area contributed by atoms with E-state index >= 15 is 0 Å². The predicted molar refractivity (Wildman–Crippen MR) is 77.2 cm³/mol. The number of H-pyrrole nitrogens is 2. The van der Waals surface area contributed by atoms with Gasteiger partial charge in [0, 0.05) is 36.3 Å². The van der Waals surface area contributed by atoms with E-state index in [4.69, 9.17) is 0 Å². The first-order chi connectivity index (χ1) is 11.0. The molecule has 0 amide bonds. The van der Waals surface area contributed by atoms with Gasteiger partial charge < -0.3 is 15.0 Å². The number of aromatic nitrogens is 3. The van der Waals surface area contributed by atoms with E-state index < -0.39 is 23.5 Å². The molecule has 23 heavy (non-hydrogen) atoms. The normalized spacial score (nSPS) is 18.2. The SMILES string of the molecule is O=c1[nH]c(-c2c[nH]c3cc(F)c(N4CC[C@H](O)C4)c(F)c23)no1. The molecule has 0 aliphatic carbocycles. The van der Waals surface area contributed by atoms with E-state index in [1.54, 1.807) is 0 Å². The number of halogens is 2. The van der Waals surface area contributed by atoms with E-state index in [0.717, 1.165) is 0 Å². The molecule has 3 heterocycles. The zero-order chi connectivity index (χ0) is 16.1. The van der Waals surface area contributed by atoms with Gasteiger partial charge in [0.15, 0.2) is 17.5 Å². The van der Waals surface area contributed by atoms with E-state index in [1.807, 2.05) is 0 Å². The summed E-state index contributed by atoms with van der Waals surface area (Å²) in [6, 6.07) is 1.18. The molecule has 2 aromatic heterocycles. The van der Waals surface area contributed by atoms with Crippen LogP contribution >= 0.6 is 0 Å². The number of anilines is 1. The third-order valence-corrected chi connectivity index (χ3v) is 4.01. The first-order valence-electron chi connectivity index (χ1n) is 7.03. The molecule has 4 rings (SSSR count). The highest BCUT2D eigenvalue weighted by Crippen LogP contribution is 2.36. The third-order valence-electron chi connectivity index (χ3n) is 4.01. The van der Waals surface area contributed by atoms with Crippen molar-refractivity contribution in [2.75, 3.05) is 18.0 Å². The fraction of sp³-hybridized carbons (Fsp3) is 0.286. The van der Waals surface area contributed by atoms with Crippen LogP contribution in [0.25, 0.3) is 22.3 Å². The largest absolute Gasteiger partial charge is 0.439 e. The number of aliphatic hydroxyl groups is 1. The number of hydrogen-bond acceptors (Lipinski definition) is 5. The molecule has 1 saturated heterocycles. The number of rotatable bonds is 2. The third kappa shape index (κ3) is 2.12. The number of hydrogen-bond donors (Lipinski definition) is 3. The summed E-state index contributed by atoms with van der Waals surface area (Å²) in [6.45, 7) is 0.529. The van der Waals surface area contributed by atoms with Gasteiger partial charge in [0.25, 0.3) is 0 Å². The van der Waals surface area contributed by atoms with E-state index in [-0.39, 0.29) is 34.5 Å². The van der Waals surface area contributed by atoms with Gasteiger partial charge in [0.1, 0.15) is 5.69 Å². The number of aromatic amines is 2. The van der Waals surface area contributed by atoms with Crippen molar-refractivity contribution in [3.63, 3.8) is 0 Å². The van der Waals surface area contributed by atoms with Crippen LogP contribution in [0, 0.1) is 11.6 Å². The van der Waals surface area contributed by atoms with E-state index in [0.29, 0.717) is 13.0 Å². The van der Waals surface area contributed by atoms with Crippen LogP contribution < -0.4 is 10.7 Å². The maximum absolute atomic E-state index is 15.0. The molecule has 1 fully saturated rings. The molecule has 0 bridgehead atoms. The number of nitrogens with one attached hydrogen (secondary N) is 2. The van der Waals surface area contributed by atoms with Gasteiger partial charge in [0.05, 0.1) is 11.6 Å². The number of fused-ring (bicyclic) bond motifs is 1. The zero-order valence-corrected chi connectivity index (χ0v) is 11.8. The second-order valence-electron chi connectivity index (χ2n) is 5.48. The molecule has 0 unspecified atom stereocenters. The summed E-state index contributed by atoms with van der Waals surface area (Å²) >= 11 is 0. The van der Waals surface area contributed by atoms with Gasteiger partial charge in [-0.3, -0.25) is 9.51 Å².